The van der Waals surface area contributed by atoms with Gasteiger partial charge in [-0.1, -0.05) is 59.3 Å². The molecule has 4 atom stereocenters. The second kappa shape index (κ2) is 15.5. The van der Waals surface area contributed by atoms with Gasteiger partial charge in [0.05, 0.1) is 6.04 Å². The summed E-state index contributed by atoms with van der Waals surface area (Å²) in [5.41, 5.74) is -0.687. The van der Waals surface area contributed by atoms with E-state index in [9.17, 15) is 28.8 Å². The summed E-state index contributed by atoms with van der Waals surface area (Å²) in [7, 11) is 1.61. The first-order chi connectivity index (χ1) is 21.3. The van der Waals surface area contributed by atoms with Crippen LogP contribution in [0, 0.1) is 23.2 Å². The van der Waals surface area contributed by atoms with Gasteiger partial charge in [-0.3, -0.25) is 28.8 Å². The molecule has 11 nitrogen and oxygen atoms in total. The molecule has 3 aliphatic carbocycles. The summed E-state index contributed by atoms with van der Waals surface area (Å²) in [6, 6.07) is -2.87. The highest BCUT2D eigenvalue weighted by Gasteiger charge is 2.41. The van der Waals surface area contributed by atoms with Crippen LogP contribution in [-0.4, -0.2) is 78.0 Å². The zero-order valence-corrected chi connectivity index (χ0v) is 27.8. The molecular weight excluding hydrogens is 574 g/mol. The predicted octanol–water partition coefficient (Wildman–Crippen LogP) is 2.75. The van der Waals surface area contributed by atoms with Crippen molar-refractivity contribution in [3.63, 3.8) is 0 Å². The number of hydrogen-bond donors (Lipinski definition) is 4. The van der Waals surface area contributed by atoms with E-state index in [0.717, 1.165) is 77.0 Å². The van der Waals surface area contributed by atoms with Gasteiger partial charge in [0.25, 0.3) is 5.91 Å². The van der Waals surface area contributed by atoms with E-state index in [4.69, 9.17) is 0 Å². The highest BCUT2D eigenvalue weighted by molar-refractivity contribution is 6.38. The molecule has 4 N–H and O–H groups in total. The molecule has 252 valence electrons. The third kappa shape index (κ3) is 9.28. The lowest BCUT2D eigenvalue weighted by Crippen LogP contribution is -2.60. The Labute approximate surface area is 268 Å². The van der Waals surface area contributed by atoms with Gasteiger partial charge in [0.15, 0.2) is 0 Å². The number of piperidine rings is 1. The predicted molar refractivity (Wildman–Crippen MR) is 170 cm³/mol. The number of rotatable bonds is 13. The Bertz CT molecular complexity index is 1100. The van der Waals surface area contributed by atoms with Crippen LogP contribution in [0.1, 0.15) is 117 Å². The van der Waals surface area contributed by atoms with Crippen molar-refractivity contribution < 1.29 is 28.8 Å². The molecule has 0 aromatic heterocycles. The molecular formula is C34H55N5O6. The summed E-state index contributed by atoms with van der Waals surface area (Å²) in [4.78, 5) is 82.0. The molecule has 3 saturated carbocycles. The molecule has 4 rings (SSSR count). The lowest BCUT2D eigenvalue weighted by atomic mass is 9.79. The van der Waals surface area contributed by atoms with E-state index in [0.29, 0.717) is 19.4 Å². The summed E-state index contributed by atoms with van der Waals surface area (Å²) >= 11 is 0. The van der Waals surface area contributed by atoms with Gasteiger partial charge in [0.2, 0.25) is 29.4 Å². The fourth-order valence-corrected chi connectivity index (χ4v) is 6.88. The lowest BCUT2D eigenvalue weighted by Gasteiger charge is -2.39. The van der Waals surface area contributed by atoms with Gasteiger partial charge in [0, 0.05) is 31.0 Å². The number of ketones is 1. The molecule has 0 bridgehead atoms. The van der Waals surface area contributed by atoms with Crippen LogP contribution in [-0.2, 0) is 28.8 Å². The van der Waals surface area contributed by atoms with Crippen molar-refractivity contribution in [3.8, 4) is 0 Å². The summed E-state index contributed by atoms with van der Waals surface area (Å²) in [6.45, 7) is 6.00. The molecule has 1 heterocycles. The first kappa shape index (κ1) is 34.9. The van der Waals surface area contributed by atoms with Crippen LogP contribution in [0.4, 0.5) is 0 Å². The van der Waals surface area contributed by atoms with E-state index in [1.807, 2.05) is 20.8 Å². The number of carbonyl (C=O) groups is 6. The van der Waals surface area contributed by atoms with Crippen LogP contribution in [0.3, 0.4) is 0 Å². The van der Waals surface area contributed by atoms with Crippen molar-refractivity contribution in [2.45, 2.75) is 141 Å². The van der Waals surface area contributed by atoms with Gasteiger partial charge in [-0.25, -0.2) is 0 Å². The van der Waals surface area contributed by atoms with Crippen LogP contribution in [0.5, 0.6) is 0 Å². The van der Waals surface area contributed by atoms with E-state index in [1.54, 1.807) is 7.05 Å². The minimum atomic E-state index is -1.19. The molecule has 0 unspecified atom stereocenters. The normalized spacial score (nSPS) is 23.3. The molecule has 0 radical (unpaired) electrons. The lowest BCUT2D eigenvalue weighted by molar-refractivity contribution is -0.146. The average Bonchev–Trinajstić information content (AvgIpc) is 2.96. The van der Waals surface area contributed by atoms with Crippen molar-refractivity contribution in [3.05, 3.63) is 0 Å². The number of hydrogen-bond acceptors (Lipinski definition) is 6. The smallest absolute Gasteiger partial charge is 0.289 e. The first-order valence-corrected chi connectivity index (χ1v) is 17.4. The van der Waals surface area contributed by atoms with E-state index in [2.05, 4.69) is 21.3 Å². The van der Waals surface area contributed by atoms with Gasteiger partial charge in [-0.2, -0.15) is 0 Å². The quantitative estimate of drug-likeness (QED) is 0.230. The molecule has 45 heavy (non-hydrogen) atoms. The number of nitrogens with one attached hydrogen (secondary N) is 4. The molecule has 0 aromatic rings. The molecule has 0 spiro atoms. The van der Waals surface area contributed by atoms with Crippen molar-refractivity contribution in [1.82, 2.24) is 26.2 Å². The summed E-state index contributed by atoms with van der Waals surface area (Å²) in [5, 5.41) is 11.5. The summed E-state index contributed by atoms with van der Waals surface area (Å²) in [5.74, 6) is -2.99. The van der Waals surface area contributed by atoms with Gasteiger partial charge >= 0.3 is 0 Å². The van der Waals surface area contributed by atoms with E-state index in [-0.39, 0.29) is 42.0 Å². The Morgan fingerprint density at radius 3 is 2.07 bits per heavy atom. The van der Waals surface area contributed by atoms with Gasteiger partial charge in [-0.05, 0) is 69.6 Å². The molecule has 0 aromatic carbocycles. The highest BCUT2D eigenvalue weighted by atomic mass is 16.2. The Hall–Kier alpha value is -2.98. The molecule has 4 aliphatic rings. The zero-order chi connectivity index (χ0) is 32.7. The SMILES string of the molecule is CN(C(=O)[C@H](NC(=O)C(C)(C)C)C1CCCCC1)[C@@H](CC1CCC1)C(=O)N[C@@H](C[C@@H]1CCCNC1=O)C(=O)C(=O)NC1CCC1. The third-order valence-electron chi connectivity index (χ3n) is 10.5. The van der Waals surface area contributed by atoms with E-state index < -0.39 is 47.1 Å². The number of likely N-dealkylation sites (N-methyl/N-ethyl adjacent to an activating group) is 1. The van der Waals surface area contributed by atoms with Crippen molar-refractivity contribution >= 4 is 35.3 Å². The minimum absolute atomic E-state index is 0.0225. The highest BCUT2D eigenvalue weighted by Crippen LogP contribution is 2.33. The van der Waals surface area contributed by atoms with Crippen molar-refractivity contribution in [2.75, 3.05) is 13.6 Å². The van der Waals surface area contributed by atoms with Crippen LogP contribution in [0.2, 0.25) is 0 Å². The monoisotopic (exact) mass is 629 g/mol. The molecule has 1 aliphatic heterocycles. The number of Topliss-reactive ketones (excluding diaryl/α,β-unsaturated/α-hetero) is 1. The van der Waals surface area contributed by atoms with Crippen LogP contribution in [0.25, 0.3) is 0 Å². The summed E-state index contributed by atoms with van der Waals surface area (Å²) in [6.07, 6.45) is 12.0. The molecule has 11 heteroatoms. The standard InChI is InChI=1S/C34H55N5O6/c1-34(2,3)33(45)38-27(22-13-6-5-7-14-22)32(44)39(4)26(19-21-11-8-12-21)30(42)37-25(20-23-15-10-18-35-29(23)41)28(40)31(43)36-24-16-9-17-24/h21-27H,5-20H2,1-4H3,(H,35,41)(H,36,43)(H,37,42)(H,38,45)/t23-,25-,26-,27+/m0/s1. The van der Waals surface area contributed by atoms with Crippen molar-refractivity contribution in [2.24, 2.45) is 23.2 Å². The van der Waals surface area contributed by atoms with Crippen LogP contribution in [0.15, 0.2) is 0 Å². The number of amides is 5. The number of carbonyl (C=O) groups excluding carboxylic acids is 6. The topological polar surface area (TPSA) is 154 Å². The Morgan fingerprint density at radius 1 is 0.844 bits per heavy atom. The second-order valence-electron chi connectivity index (χ2n) is 15.0. The third-order valence-corrected chi connectivity index (χ3v) is 10.5. The maximum Gasteiger partial charge on any atom is 0.289 e. The summed E-state index contributed by atoms with van der Waals surface area (Å²) < 4.78 is 0. The van der Waals surface area contributed by atoms with E-state index >= 15 is 0 Å². The Morgan fingerprint density at radius 2 is 1.51 bits per heavy atom. The van der Waals surface area contributed by atoms with Gasteiger partial charge in [0.1, 0.15) is 12.1 Å². The zero-order valence-electron chi connectivity index (χ0n) is 27.8. The fourth-order valence-electron chi connectivity index (χ4n) is 6.88. The van der Waals surface area contributed by atoms with Crippen LogP contribution < -0.4 is 21.3 Å². The average molecular weight is 630 g/mol. The Kier molecular flexibility index (Phi) is 12.0. The van der Waals surface area contributed by atoms with Crippen LogP contribution >= 0.6 is 0 Å². The fraction of sp³-hybridized carbons (Fsp3) is 0.824. The maximum atomic E-state index is 14.2. The molecule has 5 amide bonds. The molecule has 1 saturated heterocycles. The van der Waals surface area contributed by atoms with Crippen molar-refractivity contribution in [1.29, 1.82) is 0 Å². The van der Waals surface area contributed by atoms with E-state index in [1.165, 1.54) is 4.90 Å². The maximum absolute atomic E-state index is 14.2. The molecule has 4 fully saturated rings. The minimum Gasteiger partial charge on any atom is -0.356 e. The largest absolute Gasteiger partial charge is 0.356 e. The number of nitrogens with zero attached hydrogens (tertiary/aromatic N) is 1. The first-order valence-electron chi connectivity index (χ1n) is 17.4. The van der Waals surface area contributed by atoms with Gasteiger partial charge < -0.3 is 26.2 Å². The van der Waals surface area contributed by atoms with Gasteiger partial charge in [-0.15, -0.1) is 0 Å². The second-order valence-corrected chi connectivity index (χ2v) is 15.0. The Balaban J connectivity index is 1.55.